The summed E-state index contributed by atoms with van der Waals surface area (Å²) in [5.41, 5.74) is -3.43. The minimum atomic E-state index is -1.74. The number of rotatable bonds is 3. The van der Waals surface area contributed by atoms with E-state index in [0.29, 0.717) is 0 Å². The van der Waals surface area contributed by atoms with Crippen molar-refractivity contribution in [1.82, 2.24) is 0 Å². The van der Waals surface area contributed by atoms with Crippen molar-refractivity contribution in [3.8, 4) is 0 Å². The molecule has 0 fully saturated rings. The first-order chi connectivity index (χ1) is 4.75. The number of alkyl halides is 2. The van der Waals surface area contributed by atoms with E-state index >= 15 is 0 Å². The minimum Gasteiger partial charge on any atom is -0.241 e. The van der Waals surface area contributed by atoms with Crippen LogP contribution in [0.4, 0.5) is 8.78 Å². The maximum absolute atomic E-state index is 13.8. The van der Waals surface area contributed by atoms with Crippen LogP contribution in [-0.2, 0) is 0 Å². The molecule has 0 aromatic carbocycles. The highest BCUT2D eigenvalue weighted by Crippen LogP contribution is 2.39. The molecule has 68 valence electrons. The Bertz CT molecular complexity index is 124. The van der Waals surface area contributed by atoms with Crippen molar-refractivity contribution in [3.05, 3.63) is 0 Å². The number of hydrogen-bond donors (Lipinski definition) is 0. The molecule has 0 rings (SSSR count). The predicted molar refractivity (Wildman–Crippen MR) is 44.2 cm³/mol. The largest absolute Gasteiger partial charge is 0.241 e. The van der Waals surface area contributed by atoms with E-state index in [1.807, 2.05) is 0 Å². The zero-order chi connectivity index (χ0) is 9.28. The molecule has 0 nitrogen and oxygen atoms in total. The second-order valence-corrected chi connectivity index (χ2v) is 3.84. The van der Waals surface area contributed by atoms with E-state index in [2.05, 4.69) is 0 Å². The van der Waals surface area contributed by atoms with Crippen molar-refractivity contribution in [1.29, 1.82) is 0 Å². The Hall–Kier alpha value is -0.140. The van der Waals surface area contributed by atoms with Crippen LogP contribution < -0.4 is 0 Å². The molecule has 11 heavy (non-hydrogen) atoms. The van der Waals surface area contributed by atoms with Crippen molar-refractivity contribution < 1.29 is 8.78 Å². The molecule has 0 aromatic heterocycles. The van der Waals surface area contributed by atoms with Crippen molar-refractivity contribution in [2.24, 2.45) is 5.92 Å². The summed E-state index contributed by atoms with van der Waals surface area (Å²) in [5.74, 6) is -0.271. The molecule has 0 bridgehead atoms. The lowest BCUT2D eigenvalue weighted by molar-refractivity contribution is -0.0526. The van der Waals surface area contributed by atoms with E-state index < -0.39 is 11.3 Å². The van der Waals surface area contributed by atoms with E-state index in [9.17, 15) is 8.78 Å². The second kappa shape index (κ2) is 3.08. The molecule has 0 saturated carbocycles. The van der Waals surface area contributed by atoms with Crippen molar-refractivity contribution in [3.63, 3.8) is 0 Å². The smallest absolute Gasteiger partial charge is 0.146 e. The SMILES string of the molecule is CCC(F)(C(C)C)C(C)(C)F. The zero-order valence-corrected chi connectivity index (χ0v) is 8.04. The minimum absolute atomic E-state index is 0.230. The first-order valence-corrected chi connectivity index (χ1v) is 4.13. The average Bonchev–Trinajstić information content (AvgIpc) is 1.83. The lowest BCUT2D eigenvalue weighted by atomic mass is 9.78. The van der Waals surface area contributed by atoms with Gasteiger partial charge in [-0.25, -0.2) is 8.78 Å². The van der Waals surface area contributed by atoms with Gasteiger partial charge in [0.15, 0.2) is 0 Å². The average molecular weight is 164 g/mol. The van der Waals surface area contributed by atoms with E-state index in [4.69, 9.17) is 0 Å². The van der Waals surface area contributed by atoms with Crippen LogP contribution in [0.2, 0.25) is 0 Å². The molecule has 0 N–H and O–H groups in total. The lowest BCUT2D eigenvalue weighted by Crippen LogP contribution is -2.46. The summed E-state index contributed by atoms with van der Waals surface area (Å²) < 4.78 is 27.1. The van der Waals surface area contributed by atoms with Crippen molar-refractivity contribution >= 4 is 0 Å². The molecule has 0 aliphatic carbocycles. The molecule has 0 spiro atoms. The standard InChI is InChI=1S/C9H18F2/c1-6-9(11,7(2)3)8(4,5)10/h7H,6H2,1-5H3. The zero-order valence-electron chi connectivity index (χ0n) is 8.04. The van der Waals surface area contributed by atoms with Gasteiger partial charge in [-0.2, -0.15) is 0 Å². The third kappa shape index (κ3) is 1.91. The summed E-state index contributed by atoms with van der Waals surface area (Å²) >= 11 is 0. The summed E-state index contributed by atoms with van der Waals surface area (Å²) in [6.45, 7) is 7.71. The molecular weight excluding hydrogens is 146 g/mol. The lowest BCUT2D eigenvalue weighted by Gasteiger charge is -2.36. The Morgan fingerprint density at radius 3 is 1.55 bits per heavy atom. The van der Waals surface area contributed by atoms with Gasteiger partial charge >= 0.3 is 0 Å². The maximum atomic E-state index is 13.8. The molecule has 0 aromatic rings. The van der Waals surface area contributed by atoms with Crippen LogP contribution in [0.1, 0.15) is 41.0 Å². The molecular formula is C9H18F2. The molecule has 0 radical (unpaired) electrons. The van der Waals surface area contributed by atoms with E-state index in [1.165, 1.54) is 13.8 Å². The molecule has 2 heteroatoms. The Labute approximate surface area is 68.0 Å². The third-order valence-electron chi connectivity index (χ3n) is 2.42. The Morgan fingerprint density at radius 1 is 1.18 bits per heavy atom. The first-order valence-electron chi connectivity index (χ1n) is 4.13. The quantitative estimate of drug-likeness (QED) is 0.598. The van der Waals surface area contributed by atoms with Crippen LogP contribution >= 0.6 is 0 Å². The van der Waals surface area contributed by atoms with Crippen LogP contribution in [0.25, 0.3) is 0 Å². The van der Waals surface area contributed by atoms with Gasteiger partial charge < -0.3 is 0 Å². The van der Waals surface area contributed by atoms with Gasteiger partial charge in [-0.1, -0.05) is 20.8 Å². The fraction of sp³-hybridized carbons (Fsp3) is 1.00. The van der Waals surface area contributed by atoms with Gasteiger partial charge in [0.1, 0.15) is 11.3 Å². The van der Waals surface area contributed by atoms with Crippen LogP contribution in [0.3, 0.4) is 0 Å². The number of hydrogen-bond acceptors (Lipinski definition) is 0. The van der Waals surface area contributed by atoms with Crippen molar-refractivity contribution in [2.45, 2.75) is 52.4 Å². The molecule has 0 aliphatic rings. The molecule has 0 saturated heterocycles. The third-order valence-corrected chi connectivity index (χ3v) is 2.42. The summed E-state index contributed by atoms with van der Waals surface area (Å²) in [4.78, 5) is 0. The van der Waals surface area contributed by atoms with Crippen LogP contribution in [0.5, 0.6) is 0 Å². The van der Waals surface area contributed by atoms with Gasteiger partial charge in [-0.05, 0) is 26.2 Å². The van der Waals surface area contributed by atoms with Gasteiger partial charge in [0, 0.05) is 0 Å². The summed E-state index contributed by atoms with van der Waals surface area (Å²) in [6, 6.07) is 0. The normalized spacial score (nSPS) is 18.5. The van der Waals surface area contributed by atoms with E-state index in [1.54, 1.807) is 20.8 Å². The highest BCUT2D eigenvalue weighted by Gasteiger charge is 2.47. The first kappa shape index (κ1) is 10.9. The molecule has 0 heterocycles. The van der Waals surface area contributed by atoms with Gasteiger partial charge in [-0.3, -0.25) is 0 Å². The maximum Gasteiger partial charge on any atom is 0.146 e. The molecule has 0 amide bonds. The Kier molecular flexibility index (Phi) is 3.04. The fourth-order valence-electron chi connectivity index (χ4n) is 1.52. The summed E-state index contributed by atoms with van der Waals surface area (Å²) in [5, 5.41) is 0. The van der Waals surface area contributed by atoms with Crippen molar-refractivity contribution in [2.75, 3.05) is 0 Å². The van der Waals surface area contributed by atoms with E-state index in [-0.39, 0.29) is 12.3 Å². The monoisotopic (exact) mass is 164 g/mol. The predicted octanol–water partition coefficient (Wildman–Crippen LogP) is 3.51. The van der Waals surface area contributed by atoms with Gasteiger partial charge in [0.05, 0.1) is 0 Å². The molecule has 1 unspecified atom stereocenters. The number of halogens is 2. The topological polar surface area (TPSA) is 0 Å². The summed E-state index contributed by atoms with van der Waals surface area (Å²) in [6.07, 6.45) is 0.230. The fourth-order valence-corrected chi connectivity index (χ4v) is 1.52. The van der Waals surface area contributed by atoms with Gasteiger partial charge in [0.25, 0.3) is 0 Å². The highest BCUT2D eigenvalue weighted by molar-refractivity contribution is 4.95. The Morgan fingerprint density at radius 2 is 1.55 bits per heavy atom. The van der Waals surface area contributed by atoms with Crippen LogP contribution in [0.15, 0.2) is 0 Å². The second-order valence-electron chi connectivity index (χ2n) is 3.84. The summed E-state index contributed by atoms with van der Waals surface area (Å²) in [7, 11) is 0. The van der Waals surface area contributed by atoms with Crippen LogP contribution in [-0.4, -0.2) is 11.3 Å². The van der Waals surface area contributed by atoms with Gasteiger partial charge in [-0.15, -0.1) is 0 Å². The molecule has 0 aliphatic heterocycles. The highest BCUT2D eigenvalue weighted by atomic mass is 19.2. The van der Waals surface area contributed by atoms with Gasteiger partial charge in [0.2, 0.25) is 0 Å². The molecule has 1 atom stereocenters. The Balaban J connectivity index is 4.61. The van der Waals surface area contributed by atoms with Crippen LogP contribution in [0, 0.1) is 5.92 Å². The van der Waals surface area contributed by atoms with E-state index in [0.717, 1.165) is 0 Å².